The standard InChI is InChI=1S/C20H14Cl3NO5/c1-3-27-17-8-11(6-15(23)18(17)28-10(2)25)7-16-20(26)29-19(24-16)13-5-4-12(21)9-14(13)22/h4-9H,3H2,1-2H3. The van der Waals surface area contributed by atoms with E-state index in [4.69, 9.17) is 49.0 Å². The Labute approximate surface area is 181 Å². The first kappa shape index (κ1) is 21.2. The lowest BCUT2D eigenvalue weighted by atomic mass is 10.1. The molecule has 6 nitrogen and oxygen atoms in total. The molecule has 0 N–H and O–H groups in total. The maximum atomic E-state index is 12.2. The van der Waals surface area contributed by atoms with E-state index in [2.05, 4.69) is 4.99 Å². The molecular weight excluding hydrogens is 441 g/mol. The zero-order valence-corrected chi connectivity index (χ0v) is 17.6. The molecule has 0 aromatic heterocycles. The van der Waals surface area contributed by atoms with Gasteiger partial charge in [0, 0.05) is 11.9 Å². The molecule has 150 valence electrons. The Morgan fingerprint density at radius 1 is 1.17 bits per heavy atom. The molecule has 0 saturated carbocycles. The van der Waals surface area contributed by atoms with Crippen LogP contribution in [0.5, 0.6) is 11.5 Å². The smallest absolute Gasteiger partial charge is 0.363 e. The van der Waals surface area contributed by atoms with Gasteiger partial charge in [-0.05, 0) is 48.9 Å². The summed E-state index contributed by atoms with van der Waals surface area (Å²) in [7, 11) is 0. The number of nitrogens with zero attached hydrogens (tertiary/aromatic N) is 1. The van der Waals surface area contributed by atoms with E-state index < -0.39 is 11.9 Å². The third-order valence-corrected chi connectivity index (χ3v) is 4.49. The second-order valence-corrected chi connectivity index (χ2v) is 7.07. The van der Waals surface area contributed by atoms with Crippen LogP contribution in [0.15, 0.2) is 41.0 Å². The molecule has 1 heterocycles. The van der Waals surface area contributed by atoms with Gasteiger partial charge < -0.3 is 14.2 Å². The lowest BCUT2D eigenvalue weighted by Crippen LogP contribution is -2.06. The van der Waals surface area contributed by atoms with E-state index in [9.17, 15) is 9.59 Å². The van der Waals surface area contributed by atoms with Crippen molar-refractivity contribution in [1.82, 2.24) is 0 Å². The average Bonchev–Trinajstić information content (AvgIpc) is 2.98. The number of aliphatic imine (C=N–C) groups is 1. The number of benzene rings is 2. The Balaban J connectivity index is 1.99. The van der Waals surface area contributed by atoms with E-state index >= 15 is 0 Å². The van der Waals surface area contributed by atoms with Crippen LogP contribution >= 0.6 is 34.8 Å². The third kappa shape index (κ3) is 4.90. The summed E-state index contributed by atoms with van der Waals surface area (Å²) in [5.41, 5.74) is 0.990. The first-order chi connectivity index (χ1) is 13.8. The van der Waals surface area contributed by atoms with E-state index in [0.717, 1.165) is 0 Å². The molecule has 29 heavy (non-hydrogen) atoms. The van der Waals surface area contributed by atoms with Crippen LogP contribution in [-0.2, 0) is 14.3 Å². The number of carbonyl (C=O) groups excluding carboxylic acids is 2. The largest absolute Gasteiger partial charge is 0.490 e. The van der Waals surface area contributed by atoms with Crippen molar-refractivity contribution in [1.29, 1.82) is 0 Å². The molecule has 0 aliphatic carbocycles. The predicted molar refractivity (Wildman–Crippen MR) is 111 cm³/mol. The van der Waals surface area contributed by atoms with Gasteiger partial charge in [0.05, 0.1) is 22.2 Å². The van der Waals surface area contributed by atoms with Gasteiger partial charge in [-0.25, -0.2) is 9.79 Å². The summed E-state index contributed by atoms with van der Waals surface area (Å²) in [6.07, 6.45) is 1.48. The van der Waals surface area contributed by atoms with Crippen LogP contribution in [0.2, 0.25) is 15.1 Å². The number of hydrogen-bond donors (Lipinski definition) is 0. The van der Waals surface area contributed by atoms with Crippen molar-refractivity contribution >= 4 is 58.7 Å². The summed E-state index contributed by atoms with van der Waals surface area (Å²) in [5, 5.41) is 0.900. The van der Waals surface area contributed by atoms with Gasteiger partial charge in [-0.15, -0.1) is 0 Å². The van der Waals surface area contributed by atoms with Crippen LogP contribution in [0.4, 0.5) is 0 Å². The molecule has 0 unspecified atom stereocenters. The monoisotopic (exact) mass is 453 g/mol. The van der Waals surface area contributed by atoms with Gasteiger partial charge >= 0.3 is 11.9 Å². The molecule has 0 saturated heterocycles. The highest BCUT2D eigenvalue weighted by atomic mass is 35.5. The minimum absolute atomic E-state index is 0.0461. The van der Waals surface area contributed by atoms with Crippen molar-refractivity contribution in [3.63, 3.8) is 0 Å². The van der Waals surface area contributed by atoms with Crippen molar-refractivity contribution in [3.8, 4) is 11.5 Å². The van der Waals surface area contributed by atoms with Crippen LogP contribution in [0.25, 0.3) is 6.08 Å². The molecule has 2 aromatic rings. The summed E-state index contributed by atoms with van der Waals surface area (Å²) in [6, 6.07) is 7.85. The number of ether oxygens (including phenoxy) is 3. The fourth-order valence-electron chi connectivity index (χ4n) is 2.52. The molecular formula is C20H14Cl3NO5. The molecule has 0 spiro atoms. The molecule has 1 aliphatic heterocycles. The summed E-state index contributed by atoms with van der Waals surface area (Å²) >= 11 is 18.3. The molecule has 0 amide bonds. The molecule has 1 aliphatic rings. The van der Waals surface area contributed by atoms with E-state index in [0.29, 0.717) is 27.8 Å². The Morgan fingerprint density at radius 2 is 1.93 bits per heavy atom. The molecule has 0 atom stereocenters. The van der Waals surface area contributed by atoms with Crippen molar-refractivity contribution < 1.29 is 23.8 Å². The van der Waals surface area contributed by atoms with E-state index in [-0.39, 0.29) is 28.1 Å². The zero-order valence-electron chi connectivity index (χ0n) is 15.3. The molecule has 2 aromatic carbocycles. The highest BCUT2D eigenvalue weighted by Crippen LogP contribution is 2.38. The first-order valence-electron chi connectivity index (χ1n) is 8.41. The van der Waals surface area contributed by atoms with Crippen LogP contribution in [-0.4, -0.2) is 24.4 Å². The minimum Gasteiger partial charge on any atom is -0.490 e. The fourth-order valence-corrected chi connectivity index (χ4v) is 3.27. The number of carbonyl (C=O) groups is 2. The van der Waals surface area contributed by atoms with E-state index in [1.54, 1.807) is 25.1 Å². The quantitative estimate of drug-likeness (QED) is 0.347. The second kappa shape index (κ2) is 8.86. The Kier molecular flexibility index (Phi) is 6.47. The van der Waals surface area contributed by atoms with Gasteiger partial charge in [0.15, 0.2) is 17.2 Å². The molecule has 0 radical (unpaired) electrons. The fraction of sp³-hybridized carbons (Fsp3) is 0.150. The van der Waals surface area contributed by atoms with Gasteiger partial charge in [0.25, 0.3) is 0 Å². The normalized spacial score (nSPS) is 14.6. The average molecular weight is 455 g/mol. The van der Waals surface area contributed by atoms with Crippen LogP contribution in [0, 0.1) is 0 Å². The lowest BCUT2D eigenvalue weighted by Gasteiger charge is -2.12. The number of cyclic esters (lactones) is 1. The van der Waals surface area contributed by atoms with Crippen molar-refractivity contribution in [2.75, 3.05) is 6.61 Å². The van der Waals surface area contributed by atoms with Crippen LogP contribution in [0.1, 0.15) is 25.0 Å². The number of rotatable bonds is 5. The van der Waals surface area contributed by atoms with Crippen LogP contribution in [0.3, 0.4) is 0 Å². The van der Waals surface area contributed by atoms with E-state index in [1.807, 2.05) is 0 Å². The van der Waals surface area contributed by atoms with Gasteiger partial charge in [-0.3, -0.25) is 4.79 Å². The Morgan fingerprint density at radius 3 is 2.59 bits per heavy atom. The van der Waals surface area contributed by atoms with Gasteiger partial charge in [0.1, 0.15) is 0 Å². The summed E-state index contributed by atoms with van der Waals surface area (Å²) in [5.74, 6) is -0.750. The van der Waals surface area contributed by atoms with Gasteiger partial charge in [0.2, 0.25) is 5.90 Å². The van der Waals surface area contributed by atoms with Crippen LogP contribution < -0.4 is 9.47 Å². The minimum atomic E-state index is -0.649. The summed E-state index contributed by atoms with van der Waals surface area (Å²) < 4.78 is 15.8. The summed E-state index contributed by atoms with van der Waals surface area (Å²) in [6.45, 7) is 3.36. The lowest BCUT2D eigenvalue weighted by molar-refractivity contribution is -0.132. The molecule has 0 bridgehead atoms. The molecule has 9 heteroatoms. The zero-order chi connectivity index (χ0) is 21.1. The highest BCUT2D eigenvalue weighted by molar-refractivity contribution is 6.37. The maximum Gasteiger partial charge on any atom is 0.363 e. The highest BCUT2D eigenvalue weighted by Gasteiger charge is 2.26. The first-order valence-corrected chi connectivity index (χ1v) is 9.54. The van der Waals surface area contributed by atoms with Gasteiger partial charge in [-0.2, -0.15) is 0 Å². The predicted octanol–water partition coefficient (Wildman–Crippen LogP) is 5.32. The summed E-state index contributed by atoms with van der Waals surface area (Å²) in [4.78, 5) is 27.8. The Bertz CT molecular complexity index is 1060. The maximum absolute atomic E-state index is 12.2. The number of halogens is 3. The van der Waals surface area contributed by atoms with E-state index in [1.165, 1.54) is 25.1 Å². The van der Waals surface area contributed by atoms with Crippen molar-refractivity contribution in [2.45, 2.75) is 13.8 Å². The molecule has 0 fully saturated rings. The number of hydrogen-bond acceptors (Lipinski definition) is 6. The van der Waals surface area contributed by atoms with Crippen molar-refractivity contribution in [2.24, 2.45) is 4.99 Å². The second-order valence-electron chi connectivity index (χ2n) is 5.82. The topological polar surface area (TPSA) is 74.2 Å². The SMILES string of the molecule is CCOc1cc(C=C2N=C(c3ccc(Cl)cc3Cl)OC2=O)cc(Cl)c1OC(C)=O. The number of esters is 2. The van der Waals surface area contributed by atoms with Gasteiger partial charge in [-0.1, -0.05) is 34.8 Å². The third-order valence-electron chi connectivity index (χ3n) is 3.66. The molecule has 3 rings (SSSR count). The van der Waals surface area contributed by atoms with Crippen molar-refractivity contribution in [3.05, 3.63) is 62.2 Å². The Hall–Kier alpha value is -2.54.